The monoisotopic (exact) mass is 608 g/mol. The Labute approximate surface area is 238 Å². The number of ether oxygens (including phenoxy) is 1. The predicted molar refractivity (Wildman–Crippen MR) is 138 cm³/mol. The van der Waals surface area contributed by atoms with E-state index in [9.17, 15) is 40.3 Å². The summed E-state index contributed by atoms with van der Waals surface area (Å²) in [6, 6.07) is 5.78. The Kier molecular flexibility index (Phi) is 9.53. The molecule has 3 rings (SSSR count). The Morgan fingerprint density at radius 2 is 1.52 bits per heavy atom. The molecule has 1 saturated heterocycles. The first-order chi connectivity index (χ1) is 19.2. The highest BCUT2D eigenvalue weighted by Gasteiger charge is 2.46. The smallest absolute Gasteiger partial charge is 0.416 e. The van der Waals surface area contributed by atoms with E-state index in [2.05, 4.69) is 0 Å². The van der Waals surface area contributed by atoms with E-state index >= 15 is 4.39 Å². The second kappa shape index (κ2) is 12.1. The molecular weight excluding hydrogens is 576 g/mol. The zero-order valence-electron chi connectivity index (χ0n) is 23.5. The normalized spacial score (nSPS) is 18.9. The third-order valence-corrected chi connectivity index (χ3v) is 6.89. The molecule has 0 spiro atoms. The van der Waals surface area contributed by atoms with E-state index in [1.807, 2.05) is 0 Å². The molecule has 0 aromatic heterocycles. The highest BCUT2D eigenvalue weighted by Crippen LogP contribution is 2.42. The Hall–Kier alpha value is -3.38. The van der Waals surface area contributed by atoms with Crippen LogP contribution in [0.4, 0.5) is 39.9 Å². The standard InChI is InChI=1S/C29H32F8N2O3/c1-26(2,3)42-25(41)39-11-5-10-27(31,17-39)23(19-6-8-22(30)9-7-19)15-24(40)38(4)16-18-12-20(28(32,33)34)14-21(13-18)29(35,36)37/h6-9,12-14,23H,5,10-11,15-17H2,1-4H3. The molecule has 1 fully saturated rings. The minimum Gasteiger partial charge on any atom is -0.444 e. The summed E-state index contributed by atoms with van der Waals surface area (Å²) in [4.78, 5) is 28.1. The van der Waals surface area contributed by atoms with Crippen molar-refractivity contribution in [1.82, 2.24) is 9.80 Å². The fraction of sp³-hybridized carbons (Fsp3) is 0.517. The lowest BCUT2D eigenvalue weighted by Crippen LogP contribution is -2.52. The quantitative estimate of drug-likeness (QED) is 0.316. The third kappa shape index (κ3) is 8.57. The summed E-state index contributed by atoms with van der Waals surface area (Å²) in [5.41, 5.74) is -6.25. The molecule has 5 nitrogen and oxygen atoms in total. The Morgan fingerprint density at radius 3 is 2.02 bits per heavy atom. The number of carbonyl (C=O) groups excluding carboxylic acids is 2. The molecule has 0 radical (unpaired) electrons. The van der Waals surface area contributed by atoms with Gasteiger partial charge in [-0.1, -0.05) is 12.1 Å². The van der Waals surface area contributed by atoms with Crippen molar-refractivity contribution in [3.8, 4) is 0 Å². The van der Waals surface area contributed by atoms with Gasteiger partial charge in [0.15, 0.2) is 0 Å². The van der Waals surface area contributed by atoms with Crippen LogP contribution in [0.15, 0.2) is 42.5 Å². The SMILES string of the molecule is CN(Cc1cc(C(F)(F)F)cc(C(F)(F)F)c1)C(=O)CC(c1ccc(F)cc1)C1(F)CCCN(C(=O)OC(C)(C)C)C1. The highest BCUT2D eigenvalue weighted by atomic mass is 19.4. The molecule has 1 aliphatic rings. The van der Waals surface area contributed by atoms with Gasteiger partial charge in [0, 0.05) is 32.5 Å². The van der Waals surface area contributed by atoms with Crippen LogP contribution in [0.3, 0.4) is 0 Å². The first-order valence-electron chi connectivity index (χ1n) is 13.1. The molecule has 2 aromatic carbocycles. The molecule has 2 atom stereocenters. The molecule has 0 saturated carbocycles. The maximum atomic E-state index is 16.7. The van der Waals surface area contributed by atoms with E-state index in [0.29, 0.717) is 12.1 Å². The first kappa shape index (κ1) is 33.1. The number of hydrogen-bond acceptors (Lipinski definition) is 3. The van der Waals surface area contributed by atoms with Gasteiger partial charge in [-0.05, 0) is 75.1 Å². The van der Waals surface area contributed by atoms with Gasteiger partial charge in [0.2, 0.25) is 5.91 Å². The molecule has 1 heterocycles. The first-order valence-corrected chi connectivity index (χ1v) is 13.1. The van der Waals surface area contributed by atoms with E-state index < -0.39 is 83.6 Å². The van der Waals surface area contributed by atoms with Crippen LogP contribution in [0.25, 0.3) is 0 Å². The number of carbonyl (C=O) groups is 2. The lowest BCUT2D eigenvalue weighted by molar-refractivity contribution is -0.143. The van der Waals surface area contributed by atoms with E-state index in [0.717, 1.165) is 17.0 Å². The van der Waals surface area contributed by atoms with Crippen molar-refractivity contribution in [1.29, 1.82) is 0 Å². The molecule has 0 bridgehead atoms. The number of nitrogens with zero attached hydrogens (tertiary/aromatic N) is 2. The molecule has 232 valence electrons. The summed E-state index contributed by atoms with van der Waals surface area (Å²) >= 11 is 0. The molecule has 0 N–H and O–H groups in total. The Balaban J connectivity index is 1.89. The fourth-order valence-corrected chi connectivity index (χ4v) is 4.90. The number of likely N-dealkylation sites (tertiary alicyclic amines) is 1. The summed E-state index contributed by atoms with van der Waals surface area (Å²) in [6.45, 7) is 4.08. The van der Waals surface area contributed by atoms with Gasteiger partial charge >= 0.3 is 18.4 Å². The number of amides is 2. The summed E-state index contributed by atoms with van der Waals surface area (Å²) < 4.78 is 116. The van der Waals surface area contributed by atoms with E-state index in [1.54, 1.807) is 20.8 Å². The molecule has 1 aliphatic heterocycles. The Morgan fingerprint density at radius 1 is 0.976 bits per heavy atom. The van der Waals surface area contributed by atoms with Crippen LogP contribution >= 0.6 is 0 Å². The molecule has 0 aliphatic carbocycles. The van der Waals surface area contributed by atoms with Crippen LogP contribution in [-0.4, -0.2) is 53.2 Å². The number of alkyl halides is 7. The molecule has 2 amide bonds. The van der Waals surface area contributed by atoms with Gasteiger partial charge in [-0.2, -0.15) is 26.3 Å². The number of piperidine rings is 1. The van der Waals surface area contributed by atoms with E-state index in [-0.39, 0.29) is 31.0 Å². The molecule has 13 heteroatoms. The zero-order valence-corrected chi connectivity index (χ0v) is 23.5. The largest absolute Gasteiger partial charge is 0.444 e. The van der Waals surface area contributed by atoms with Crippen LogP contribution in [0.2, 0.25) is 0 Å². The maximum absolute atomic E-state index is 16.7. The van der Waals surface area contributed by atoms with Crippen LogP contribution in [0, 0.1) is 5.82 Å². The van der Waals surface area contributed by atoms with Crippen LogP contribution < -0.4 is 0 Å². The van der Waals surface area contributed by atoms with Crippen LogP contribution in [-0.2, 0) is 28.4 Å². The third-order valence-electron chi connectivity index (χ3n) is 6.89. The van der Waals surface area contributed by atoms with Crippen molar-refractivity contribution < 1.29 is 49.4 Å². The topological polar surface area (TPSA) is 49.9 Å². The second-order valence-corrected chi connectivity index (χ2v) is 11.5. The average molecular weight is 609 g/mol. The van der Waals surface area contributed by atoms with E-state index in [1.165, 1.54) is 24.1 Å². The van der Waals surface area contributed by atoms with Gasteiger partial charge < -0.3 is 14.5 Å². The van der Waals surface area contributed by atoms with Gasteiger partial charge in [0.1, 0.15) is 17.1 Å². The minimum absolute atomic E-state index is 0.0117. The number of benzene rings is 2. The number of halogens is 8. The van der Waals surface area contributed by atoms with E-state index in [4.69, 9.17) is 4.74 Å². The van der Waals surface area contributed by atoms with Crippen molar-refractivity contribution in [2.24, 2.45) is 0 Å². The summed E-state index contributed by atoms with van der Waals surface area (Å²) in [7, 11) is 1.18. The lowest BCUT2D eigenvalue weighted by Gasteiger charge is -2.42. The molecule has 2 unspecified atom stereocenters. The van der Waals surface area contributed by atoms with Crippen molar-refractivity contribution in [2.75, 3.05) is 20.1 Å². The average Bonchev–Trinajstić information content (AvgIpc) is 2.85. The summed E-state index contributed by atoms with van der Waals surface area (Å²) in [5.74, 6) is -2.61. The fourth-order valence-electron chi connectivity index (χ4n) is 4.90. The van der Waals surface area contributed by atoms with Crippen LogP contribution in [0.1, 0.15) is 68.2 Å². The molecule has 42 heavy (non-hydrogen) atoms. The Bertz CT molecular complexity index is 1240. The second-order valence-electron chi connectivity index (χ2n) is 11.5. The summed E-state index contributed by atoms with van der Waals surface area (Å²) in [5, 5.41) is 0. The predicted octanol–water partition coefficient (Wildman–Crippen LogP) is 7.73. The van der Waals surface area contributed by atoms with Crippen molar-refractivity contribution in [3.05, 3.63) is 70.5 Å². The maximum Gasteiger partial charge on any atom is 0.416 e. The van der Waals surface area contributed by atoms with Gasteiger partial charge in [-0.15, -0.1) is 0 Å². The van der Waals surface area contributed by atoms with Gasteiger partial charge in [0.05, 0.1) is 17.7 Å². The summed E-state index contributed by atoms with van der Waals surface area (Å²) in [6.07, 6.45) is -11.3. The van der Waals surface area contributed by atoms with Crippen molar-refractivity contribution in [3.63, 3.8) is 0 Å². The molecular formula is C29H32F8N2O3. The van der Waals surface area contributed by atoms with Gasteiger partial charge in [-0.3, -0.25) is 4.79 Å². The van der Waals surface area contributed by atoms with Crippen LogP contribution in [0.5, 0.6) is 0 Å². The zero-order chi connectivity index (χ0) is 31.7. The lowest BCUT2D eigenvalue weighted by atomic mass is 9.76. The van der Waals surface area contributed by atoms with Crippen molar-refractivity contribution >= 4 is 12.0 Å². The van der Waals surface area contributed by atoms with Gasteiger partial charge in [0.25, 0.3) is 0 Å². The van der Waals surface area contributed by atoms with Crippen molar-refractivity contribution in [2.45, 2.75) is 76.1 Å². The number of rotatable bonds is 6. The molecule has 2 aromatic rings. The van der Waals surface area contributed by atoms with Gasteiger partial charge in [-0.25, -0.2) is 13.6 Å². The highest BCUT2D eigenvalue weighted by molar-refractivity contribution is 5.77. The minimum atomic E-state index is -5.06. The number of hydrogen-bond donors (Lipinski definition) is 0.